The largest absolute Gasteiger partial charge is 0.477 e. The summed E-state index contributed by atoms with van der Waals surface area (Å²) >= 11 is 0. The monoisotopic (exact) mass is 268 g/mol. The third kappa shape index (κ3) is 2.07. The Bertz CT molecular complexity index is 767. The molecule has 0 aliphatic carbocycles. The van der Waals surface area contributed by atoms with Crippen molar-refractivity contribution in [1.29, 1.82) is 0 Å². The van der Waals surface area contributed by atoms with Crippen LogP contribution in [0.25, 0.3) is 11.0 Å². The van der Waals surface area contributed by atoms with Crippen LogP contribution in [0.15, 0.2) is 42.6 Å². The van der Waals surface area contributed by atoms with Crippen LogP contribution in [-0.2, 0) is 0 Å². The van der Waals surface area contributed by atoms with Gasteiger partial charge in [0.05, 0.1) is 17.2 Å². The number of para-hydroxylation sites is 1. The zero-order valence-corrected chi connectivity index (χ0v) is 10.7. The molecule has 3 aromatic rings. The first-order chi connectivity index (χ1) is 9.65. The van der Waals surface area contributed by atoms with Gasteiger partial charge in [-0.3, -0.25) is 0 Å². The molecule has 0 saturated heterocycles. The predicted molar refractivity (Wildman–Crippen MR) is 75.4 cm³/mol. The third-order valence-electron chi connectivity index (χ3n) is 3.04. The topological polar surface area (TPSA) is 82.1 Å². The van der Waals surface area contributed by atoms with Crippen molar-refractivity contribution >= 4 is 28.6 Å². The zero-order valence-electron chi connectivity index (χ0n) is 10.7. The fourth-order valence-corrected chi connectivity index (χ4v) is 1.95. The van der Waals surface area contributed by atoms with Crippen LogP contribution in [0.3, 0.4) is 0 Å². The van der Waals surface area contributed by atoms with Gasteiger partial charge in [0, 0.05) is 12.7 Å². The number of hydrogen-bond donors (Lipinski definition) is 2. The molecule has 2 N–H and O–H groups in total. The highest BCUT2D eigenvalue weighted by Crippen LogP contribution is 2.23. The summed E-state index contributed by atoms with van der Waals surface area (Å²) in [7, 11) is 1.89. The van der Waals surface area contributed by atoms with E-state index >= 15 is 0 Å². The molecule has 0 aliphatic heterocycles. The van der Waals surface area contributed by atoms with Gasteiger partial charge in [-0.25, -0.2) is 14.8 Å². The normalized spacial score (nSPS) is 10.7. The quantitative estimate of drug-likeness (QED) is 0.762. The van der Waals surface area contributed by atoms with Gasteiger partial charge in [-0.1, -0.05) is 18.2 Å². The molecule has 20 heavy (non-hydrogen) atoms. The molecule has 100 valence electrons. The fraction of sp³-hybridized carbons (Fsp3) is 0.0714. The van der Waals surface area contributed by atoms with Gasteiger partial charge in [-0.2, -0.15) is 0 Å². The van der Waals surface area contributed by atoms with Crippen molar-refractivity contribution in [1.82, 2.24) is 15.0 Å². The molecule has 1 aromatic carbocycles. The maximum absolute atomic E-state index is 10.9. The number of fused-ring (bicyclic) bond motifs is 1. The molecule has 0 atom stereocenters. The van der Waals surface area contributed by atoms with E-state index in [1.165, 1.54) is 12.3 Å². The lowest BCUT2D eigenvalue weighted by molar-refractivity contribution is 0.0690. The first-order valence-electron chi connectivity index (χ1n) is 6.03. The van der Waals surface area contributed by atoms with Gasteiger partial charge in [0.25, 0.3) is 0 Å². The number of nitrogens with zero attached hydrogens (tertiary/aromatic N) is 3. The van der Waals surface area contributed by atoms with Gasteiger partial charge in [-0.15, -0.1) is 0 Å². The molecule has 3 rings (SSSR count). The number of hydrogen-bond acceptors (Lipinski definition) is 4. The number of carbonyl (C=O) groups is 1. The van der Waals surface area contributed by atoms with Crippen molar-refractivity contribution in [3.63, 3.8) is 0 Å². The van der Waals surface area contributed by atoms with Crippen LogP contribution < -0.4 is 4.90 Å². The second-order valence-corrected chi connectivity index (χ2v) is 4.35. The zero-order chi connectivity index (χ0) is 14.1. The Balaban J connectivity index is 2.03. The molecular formula is C14H12N4O2. The number of pyridine rings is 1. The van der Waals surface area contributed by atoms with E-state index in [2.05, 4.69) is 15.0 Å². The lowest BCUT2D eigenvalue weighted by Crippen LogP contribution is -2.10. The van der Waals surface area contributed by atoms with E-state index in [-0.39, 0.29) is 5.69 Å². The number of imidazole rings is 1. The van der Waals surface area contributed by atoms with E-state index in [0.717, 1.165) is 5.69 Å². The van der Waals surface area contributed by atoms with E-state index in [9.17, 15) is 4.79 Å². The minimum atomic E-state index is -1.06. The minimum Gasteiger partial charge on any atom is -0.477 e. The summed E-state index contributed by atoms with van der Waals surface area (Å²) in [6.07, 6.45) is 1.48. The van der Waals surface area contributed by atoms with Crippen LogP contribution in [-0.4, -0.2) is 33.1 Å². The maximum Gasteiger partial charge on any atom is 0.354 e. The number of nitrogens with one attached hydrogen (secondary N) is 1. The highest BCUT2D eigenvalue weighted by Gasteiger charge is 2.12. The number of H-pyrrole nitrogens is 1. The number of carboxylic acid groups (broad SMARTS) is 1. The predicted octanol–water partition coefficient (Wildman–Crippen LogP) is 2.42. The molecule has 0 amide bonds. The van der Waals surface area contributed by atoms with Gasteiger partial charge in [0.15, 0.2) is 0 Å². The molecule has 0 bridgehead atoms. The Hall–Kier alpha value is -2.89. The van der Waals surface area contributed by atoms with Crippen LogP contribution in [0.2, 0.25) is 0 Å². The van der Waals surface area contributed by atoms with E-state index in [4.69, 9.17) is 5.11 Å². The number of aromatic carboxylic acids is 1. The molecule has 0 saturated carbocycles. The molecular weight excluding hydrogens is 256 g/mol. The highest BCUT2D eigenvalue weighted by atomic mass is 16.4. The van der Waals surface area contributed by atoms with Crippen molar-refractivity contribution in [2.75, 3.05) is 11.9 Å². The Labute approximate surface area is 114 Å². The van der Waals surface area contributed by atoms with Gasteiger partial charge in [-0.05, 0) is 18.2 Å². The molecule has 6 nitrogen and oxygen atoms in total. The Kier molecular flexibility index (Phi) is 2.83. The molecule has 2 heterocycles. The highest BCUT2D eigenvalue weighted by molar-refractivity contribution is 5.90. The number of aromatic amines is 1. The molecule has 0 aliphatic rings. The van der Waals surface area contributed by atoms with Gasteiger partial charge < -0.3 is 15.0 Å². The molecule has 0 unspecified atom stereocenters. The summed E-state index contributed by atoms with van der Waals surface area (Å²) in [5.41, 5.74) is 2.25. The summed E-state index contributed by atoms with van der Waals surface area (Å²) in [4.78, 5) is 24.2. The molecule has 0 spiro atoms. The van der Waals surface area contributed by atoms with E-state index in [1.807, 2.05) is 42.3 Å². The average Bonchev–Trinajstić information content (AvgIpc) is 2.90. The summed E-state index contributed by atoms with van der Waals surface area (Å²) in [5, 5.41) is 8.93. The lowest BCUT2D eigenvalue weighted by atomic mass is 10.3. The van der Waals surface area contributed by atoms with E-state index in [0.29, 0.717) is 17.0 Å². The second kappa shape index (κ2) is 4.65. The van der Waals surface area contributed by atoms with Crippen LogP contribution in [0, 0.1) is 0 Å². The van der Waals surface area contributed by atoms with E-state index in [1.54, 1.807) is 0 Å². The third-order valence-corrected chi connectivity index (χ3v) is 3.04. The number of anilines is 2. The van der Waals surface area contributed by atoms with Crippen molar-refractivity contribution in [2.24, 2.45) is 0 Å². The fourth-order valence-electron chi connectivity index (χ4n) is 1.95. The molecule has 0 radical (unpaired) electrons. The SMILES string of the molecule is CN(c1ccccc1)c1nc2cc(C(=O)O)ncc2[nH]1. The van der Waals surface area contributed by atoms with Crippen molar-refractivity contribution in [3.05, 3.63) is 48.3 Å². The van der Waals surface area contributed by atoms with Gasteiger partial charge in [0.2, 0.25) is 5.95 Å². The first-order valence-corrected chi connectivity index (χ1v) is 6.03. The van der Waals surface area contributed by atoms with Crippen LogP contribution in [0.4, 0.5) is 11.6 Å². The second-order valence-electron chi connectivity index (χ2n) is 4.35. The Morgan fingerprint density at radius 1 is 1.30 bits per heavy atom. The molecule has 0 fully saturated rings. The van der Waals surface area contributed by atoms with Crippen LogP contribution in [0.5, 0.6) is 0 Å². The van der Waals surface area contributed by atoms with Crippen LogP contribution in [0.1, 0.15) is 10.5 Å². The van der Waals surface area contributed by atoms with Gasteiger partial charge >= 0.3 is 5.97 Å². The van der Waals surface area contributed by atoms with E-state index < -0.39 is 5.97 Å². The lowest BCUT2D eigenvalue weighted by Gasteiger charge is -2.15. The number of rotatable bonds is 3. The standard InChI is InChI=1S/C14H12N4O2/c1-18(9-5-3-2-4-6-9)14-16-10-7-11(13(19)20)15-8-12(10)17-14/h2-8H,1H3,(H,16,17)(H,19,20). The van der Waals surface area contributed by atoms with Crippen LogP contribution >= 0.6 is 0 Å². The van der Waals surface area contributed by atoms with Crippen molar-refractivity contribution in [2.45, 2.75) is 0 Å². The number of benzene rings is 1. The molecule has 2 aromatic heterocycles. The van der Waals surface area contributed by atoms with Crippen molar-refractivity contribution in [3.8, 4) is 0 Å². The summed E-state index contributed by atoms with van der Waals surface area (Å²) in [6.45, 7) is 0. The molecule has 6 heteroatoms. The minimum absolute atomic E-state index is 0.0158. The maximum atomic E-state index is 10.9. The summed E-state index contributed by atoms with van der Waals surface area (Å²) in [5.74, 6) is -0.427. The summed E-state index contributed by atoms with van der Waals surface area (Å²) in [6, 6.07) is 11.2. The van der Waals surface area contributed by atoms with Gasteiger partial charge in [0.1, 0.15) is 5.69 Å². The summed E-state index contributed by atoms with van der Waals surface area (Å²) < 4.78 is 0. The number of aromatic nitrogens is 3. The van der Waals surface area contributed by atoms with Crippen molar-refractivity contribution < 1.29 is 9.90 Å². The Morgan fingerprint density at radius 2 is 2.05 bits per heavy atom. The number of carboxylic acids is 1. The average molecular weight is 268 g/mol. The first kappa shape index (κ1) is 12.2. The Morgan fingerprint density at radius 3 is 2.75 bits per heavy atom. The smallest absolute Gasteiger partial charge is 0.354 e.